The number of benzene rings is 1. The fraction of sp³-hybridized carbons (Fsp3) is 0.556. The molecule has 3 atom stereocenters. The van der Waals surface area contributed by atoms with Crippen LogP contribution in [0.4, 0.5) is 4.79 Å². The maximum atomic E-state index is 12.7. The number of rotatable bonds is 4. The highest BCUT2D eigenvalue weighted by Crippen LogP contribution is 2.42. The van der Waals surface area contributed by atoms with Crippen molar-refractivity contribution in [2.45, 2.75) is 44.0 Å². The van der Waals surface area contributed by atoms with Crippen LogP contribution in [0.5, 0.6) is 0 Å². The first-order valence-corrected chi connectivity index (χ1v) is 8.79. The smallest absolute Gasteiger partial charge is 0.338 e. The molecule has 126 valence electrons. The summed E-state index contributed by atoms with van der Waals surface area (Å²) in [5, 5.41) is 1.51. The van der Waals surface area contributed by atoms with E-state index in [0.717, 1.165) is 31.4 Å². The van der Waals surface area contributed by atoms with Crippen LogP contribution in [0.2, 0.25) is 0 Å². The number of hydroxylamine groups is 2. The first-order valence-electron chi connectivity index (χ1n) is 8.79. The van der Waals surface area contributed by atoms with Gasteiger partial charge in [-0.2, -0.15) is 5.06 Å². The van der Waals surface area contributed by atoms with Gasteiger partial charge in [0, 0.05) is 25.0 Å². The Kier molecular flexibility index (Phi) is 3.10. The first-order chi connectivity index (χ1) is 11.7. The fourth-order valence-corrected chi connectivity index (χ4v) is 4.41. The molecule has 1 aliphatic carbocycles. The van der Waals surface area contributed by atoms with Crippen molar-refractivity contribution in [1.29, 1.82) is 0 Å². The van der Waals surface area contributed by atoms with Crippen molar-refractivity contribution in [2.75, 3.05) is 13.1 Å². The molecule has 4 fully saturated rings. The minimum absolute atomic E-state index is 0.0643. The second kappa shape index (κ2) is 5.21. The van der Waals surface area contributed by atoms with Gasteiger partial charge in [-0.25, -0.2) is 4.79 Å². The van der Waals surface area contributed by atoms with Crippen LogP contribution in [0.1, 0.15) is 24.8 Å². The van der Waals surface area contributed by atoms with Crippen LogP contribution in [0.3, 0.4) is 0 Å². The Balaban J connectivity index is 1.31. The summed E-state index contributed by atoms with van der Waals surface area (Å²) in [6, 6.07) is 9.94. The van der Waals surface area contributed by atoms with E-state index >= 15 is 0 Å². The van der Waals surface area contributed by atoms with Crippen molar-refractivity contribution in [3.8, 4) is 0 Å². The van der Waals surface area contributed by atoms with Crippen LogP contribution in [-0.2, 0) is 16.2 Å². The number of hydrogen-bond donors (Lipinski definition) is 0. The highest BCUT2D eigenvalue weighted by atomic mass is 16.7. The molecule has 1 saturated carbocycles. The lowest BCUT2D eigenvalue weighted by molar-refractivity contribution is -0.142. The van der Waals surface area contributed by atoms with Crippen molar-refractivity contribution in [1.82, 2.24) is 14.9 Å². The molecule has 0 aromatic heterocycles. The van der Waals surface area contributed by atoms with Gasteiger partial charge in [0.2, 0.25) is 5.91 Å². The van der Waals surface area contributed by atoms with E-state index in [1.807, 2.05) is 35.2 Å². The van der Waals surface area contributed by atoms with Gasteiger partial charge in [-0.05, 0) is 24.8 Å². The van der Waals surface area contributed by atoms with Crippen LogP contribution >= 0.6 is 0 Å². The van der Waals surface area contributed by atoms with Crippen LogP contribution in [0.25, 0.3) is 0 Å². The average Bonchev–Trinajstić information content (AvgIpc) is 3.35. The molecule has 0 N–H and O–H groups in total. The summed E-state index contributed by atoms with van der Waals surface area (Å²) in [5.74, 6) is 0.408. The number of piperidine rings is 1. The number of likely N-dealkylation sites (tertiary alicyclic amines) is 1. The Bertz CT molecular complexity index is 675. The molecule has 0 radical (unpaired) electrons. The van der Waals surface area contributed by atoms with Crippen LogP contribution in [-0.4, -0.2) is 58.0 Å². The minimum Gasteiger partial charge on any atom is -0.338 e. The molecule has 0 spiro atoms. The lowest BCUT2D eigenvalue weighted by Crippen LogP contribution is -2.48. The Labute approximate surface area is 140 Å². The highest BCUT2D eigenvalue weighted by molar-refractivity contribution is 5.91. The Morgan fingerprint density at radius 2 is 1.79 bits per heavy atom. The summed E-state index contributed by atoms with van der Waals surface area (Å²) in [6.07, 6.45) is 3.10. The third-order valence-corrected chi connectivity index (χ3v) is 5.70. The second-order valence-corrected chi connectivity index (χ2v) is 7.34. The van der Waals surface area contributed by atoms with Gasteiger partial charge in [-0.1, -0.05) is 30.3 Å². The number of carbonyl (C=O) groups is 2. The lowest BCUT2D eigenvalue weighted by Gasteiger charge is -2.30. The van der Waals surface area contributed by atoms with Crippen molar-refractivity contribution in [3.63, 3.8) is 0 Å². The molecule has 3 amide bonds. The zero-order valence-electron chi connectivity index (χ0n) is 13.5. The van der Waals surface area contributed by atoms with Gasteiger partial charge in [0.15, 0.2) is 0 Å². The SMILES string of the molecule is O=C1[C@@H]2[C@@H](C[C@@H]3CN2C(=O)N3OCc2ccccc2)CN1C1CC1. The van der Waals surface area contributed by atoms with Crippen molar-refractivity contribution < 1.29 is 14.4 Å². The number of urea groups is 1. The lowest BCUT2D eigenvalue weighted by atomic mass is 9.90. The summed E-state index contributed by atoms with van der Waals surface area (Å²) in [6.45, 7) is 1.80. The fourth-order valence-electron chi connectivity index (χ4n) is 4.41. The van der Waals surface area contributed by atoms with E-state index in [2.05, 4.69) is 0 Å². The molecule has 2 bridgehead atoms. The van der Waals surface area contributed by atoms with Gasteiger partial charge in [0.1, 0.15) is 12.6 Å². The topological polar surface area (TPSA) is 53.1 Å². The zero-order chi connectivity index (χ0) is 16.3. The van der Waals surface area contributed by atoms with Crippen LogP contribution < -0.4 is 0 Å². The maximum Gasteiger partial charge on any atom is 0.345 e. The number of nitrogens with zero attached hydrogens (tertiary/aromatic N) is 3. The van der Waals surface area contributed by atoms with Crippen molar-refractivity contribution in [2.24, 2.45) is 5.92 Å². The highest BCUT2D eigenvalue weighted by Gasteiger charge is 2.58. The van der Waals surface area contributed by atoms with Crippen LogP contribution in [0, 0.1) is 5.92 Å². The Morgan fingerprint density at radius 1 is 1.00 bits per heavy atom. The molecule has 4 aliphatic rings. The predicted molar refractivity (Wildman–Crippen MR) is 85.6 cm³/mol. The van der Waals surface area contributed by atoms with E-state index in [0.29, 0.717) is 19.2 Å². The van der Waals surface area contributed by atoms with Crippen molar-refractivity contribution in [3.05, 3.63) is 35.9 Å². The summed E-state index contributed by atoms with van der Waals surface area (Å²) < 4.78 is 0. The summed E-state index contributed by atoms with van der Waals surface area (Å²) >= 11 is 0. The maximum absolute atomic E-state index is 12.7. The number of carbonyl (C=O) groups excluding carboxylic acids is 2. The predicted octanol–water partition coefficient (Wildman–Crippen LogP) is 1.62. The molecule has 3 heterocycles. The third-order valence-electron chi connectivity index (χ3n) is 5.70. The average molecular weight is 327 g/mol. The molecular weight excluding hydrogens is 306 g/mol. The molecular formula is C18H21N3O3. The summed E-state index contributed by atoms with van der Waals surface area (Å²) in [7, 11) is 0. The summed E-state index contributed by atoms with van der Waals surface area (Å²) in [4.78, 5) is 35.0. The molecule has 3 saturated heterocycles. The van der Waals surface area contributed by atoms with Gasteiger partial charge in [-0.3, -0.25) is 9.63 Å². The van der Waals surface area contributed by atoms with E-state index < -0.39 is 0 Å². The Morgan fingerprint density at radius 3 is 2.54 bits per heavy atom. The largest absolute Gasteiger partial charge is 0.345 e. The second-order valence-electron chi connectivity index (χ2n) is 7.34. The van der Waals surface area contributed by atoms with Crippen LogP contribution in [0.15, 0.2) is 30.3 Å². The third kappa shape index (κ3) is 2.13. The van der Waals surface area contributed by atoms with Gasteiger partial charge in [0.05, 0.1) is 6.04 Å². The van der Waals surface area contributed by atoms with Gasteiger partial charge < -0.3 is 9.80 Å². The normalized spacial score (nSPS) is 31.8. The molecule has 1 aromatic carbocycles. The van der Waals surface area contributed by atoms with Gasteiger partial charge >= 0.3 is 6.03 Å². The molecule has 0 unspecified atom stereocenters. The van der Waals surface area contributed by atoms with E-state index in [-0.39, 0.29) is 29.9 Å². The van der Waals surface area contributed by atoms with E-state index in [4.69, 9.17) is 4.84 Å². The zero-order valence-corrected chi connectivity index (χ0v) is 13.5. The Hall–Kier alpha value is -2.08. The number of hydrogen-bond acceptors (Lipinski definition) is 3. The van der Waals surface area contributed by atoms with Gasteiger partial charge in [-0.15, -0.1) is 0 Å². The van der Waals surface area contributed by atoms with E-state index in [1.165, 1.54) is 5.06 Å². The summed E-state index contributed by atoms with van der Waals surface area (Å²) in [5.41, 5.74) is 1.04. The molecule has 6 nitrogen and oxygen atoms in total. The van der Waals surface area contributed by atoms with Gasteiger partial charge in [0.25, 0.3) is 0 Å². The quantitative estimate of drug-likeness (QED) is 0.844. The molecule has 6 heteroatoms. The monoisotopic (exact) mass is 327 g/mol. The number of amides is 3. The van der Waals surface area contributed by atoms with Crippen molar-refractivity contribution >= 4 is 11.9 Å². The first kappa shape index (κ1) is 14.3. The number of fused-ring (bicyclic) bond motifs is 4. The minimum atomic E-state index is -0.264. The molecule has 5 rings (SSSR count). The molecule has 1 aromatic rings. The standard InChI is InChI=1S/C18H21N3O3/c22-17-16-13(9-19(17)14-6-7-14)8-15-10-20(16)18(23)21(15)24-11-12-4-2-1-3-5-12/h1-5,13-16H,6-11H2/t13-,15+,16-/m0/s1. The molecule has 3 aliphatic heterocycles. The van der Waals surface area contributed by atoms with E-state index in [1.54, 1.807) is 4.90 Å². The van der Waals surface area contributed by atoms with E-state index in [9.17, 15) is 9.59 Å². The molecule has 24 heavy (non-hydrogen) atoms.